The number of nitrogens with zero attached hydrogens (tertiary/aromatic N) is 2. The average molecular weight is 260 g/mol. The molecule has 1 aromatic heterocycles. The van der Waals surface area contributed by atoms with Gasteiger partial charge < -0.3 is 9.84 Å². The van der Waals surface area contributed by atoms with Gasteiger partial charge in [-0.15, -0.1) is 0 Å². The van der Waals surface area contributed by atoms with Gasteiger partial charge in [-0.1, -0.05) is 0 Å². The molecule has 0 aliphatic carbocycles. The maximum Gasteiger partial charge on any atom is 0.122 e. The molecule has 4 nitrogen and oxygen atoms in total. The first-order valence-corrected chi connectivity index (χ1v) is 6.43. The van der Waals surface area contributed by atoms with E-state index in [2.05, 4.69) is 5.10 Å². The maximum absolute atomic E-state index is 10.6. The Labute approximate surface area is 113 Å². The minimum atomic E-state index is -0.660. The maximum atomic E-state index is 10.6. The van der Waals surface area contributed by atoms with Crippen molar-refractivity contribution in [1.29, 1.82) is 0 Å². The molecule has 0 bridgehead atoms. The molecule has 1 unspecified atom stereocenters. The number of ether oxygens (including phenoxy) is 1. The molecule has 0 fully saturated rings. The molecular formula is C15H20N2O2. The van der Waals surface area contributed by atoms with Crippen molar-refractivity contribution in [1.82, 2.24) is 9.78 Å². The summed E-state index contributed by atoms with van der Waals surface area (Å²) in [7, 11) is 1.66. The lowest BCUT2D eigenvalue weighted by atomic mass is 9.98. The topological polar surface area (TPSA) is 47.3 Å². The van der Waals surface area contributed by atoms with Gasteiger partial charge in [0, 0.05) is 12.7 Å². The lowest BCUT2D eigenvalue weighted by Crippen LogP contribution is -2.10. The average Bonchev–Trinajstić information content (AvgIpc) is 2.88. The molecule has 1 N–H and O–H groups in total. The largest absolute Gasteiger partial charge is 0.496 e. The fraction of sp³-hybridized carbons (Fsp3) is 0.400. The number of rotatable bonds is 4. The zero-order chi connectivity index (χ0) is 14.0. The Morgan fingerprint density at radius 3 is 2.68 bits per heavy atom. The lowest BCUT2D eigenvalue weighted by molar-refractivity contribution is 0.207. The van der Waals surface area contributed by atoms with Gasteiger partial charge in [-0.25, -0.2) is 0 Å². The van der Waals surface area contributed by atoms with Crippen LogP contribution in [0.15, 0.2) is 24.4 Å². The van der Waals surface area contributed by atoms with E-state index in [1.807, 2.05) is 43.7 Å². The Kier molecular flexibility index (Phi) is 3.90. The van der Waals surface area contributed by atoms with Gasteiger partial charge in [0.05, 0.1) is 12.8 Å². The van der Waals surface area contributed by atoms with Crippen molar-refractivity contribution in [2.45, 2.75) is 33.4 Å². The summed E-state index contributed by atoms with van der Waals surface area (Å²) < 4.78 is 7.11. The molecule has 0 aliphatic rings. The van der Waals surface area contributed by atoms with Crippen molar-refractivity contribution < 1.29 is 9.84 Å². The van der Waals surface area contributed by atoms with E-state index < -0.39 is 6.10 Å². The number of methoxy groups -OCH3 is 1. The molecule has 1 atom stereocenters. The van der Waals surface area contributed by atoms with Gasteiger partial charge in [0.25, 0.3) is 0 Å². The highest BCUT2D eigenvalue weighted by Crippen LogP contribution is 2.30. The third-order valence-electron chi connectivity index (χ3n) is 3.41. The Hall–Kier alpha value is -1.81. The molecule has 0 saturated heterocycles. The smallest absolute Gasteiger partial charge is 0.122 e. The van der Waals surface area contributed by atoms with Gasteiger partial charge in [-0.05, 0) is 55.7 Å². The molecule has 0 amide bonds. The Bertz CT molecular complexity index is 576. The van der Waals surface area contributed by atoms with E-state index >= 15 is 0 Å². The van der Waals surface area contributed by atoms with Gasteiger partial charge in [-0.2, -0.15) is 5.10 Å². The summed E-state index contributed by atoms with van der Waals surface area (Å²) in [5.41, 5.74) is 3.74. The van der Waals surface area contributed by atoms with Crippen LogP contribution >= 0.6 is 0 Å². The van der Waals surface area contributed by atoms with Crippen LogP contribution in [0.3, 0.4) is 0 Å². The normalized spacial score (nSPS) is 12.5. The van der Waals surface area contributed by atoms with Crippen molar-refractivity contribution in [3.63, 3.8) is 0 Å². The standard InChI is InChI=1S/C15H20N2O2/c1-5-17-13(6-7-16-17)15(18)12-8-11(3)14(19-4)9-10(12)2/h6-9,15,18H,5H2,1-4H3. The number of aliphatic hydroxyl groups excluding tert-OH is 1. The van der Waals surface area contributed by atoms with E-state index in [-0.39, 0.29) is 0 Å². The SMILES string of the molecule is CCn1nccc1C(O)c1cc(C)c(OC)cc1C. The molecule has 19 heavy (non-hydrogen) atoms. The van der Waals surface area contributed by atoms with Crippen LogP contribution in [0.4, 0.5) is 0 Å². The van der Waals surface area contributed by atoms with Crippen LogP contribution in [0.1, 0.15) is 35.4 Å². The predicted molar refractivity (Wildman–Crippen MR) is 74.4 cm³/mol. The second kappa shape index (κ2) is 5.45. The van der Waals surface area contributed by atoms with Crippen molar-refractivity contribution in [3.05, 3.63) is 46.8 Å². The third kappa shape index (κ3) is 2.49. The molecule has 2 aromatic rings. The molecule has 102 valence electrons. The van der Waals surface area contributed by atoms with Gasteiger partial charge in [-0.3, -0.25) is 4.68 Å². The van der Waals surface area contributed by atoms with Crippen molar-refractivity contribution in [2.24, 2.45) is 0 Å². The second-order valence-electron chi connectivity index (χ2n) is 4.65. The number of aliphatic hydroxyl groups is 1. The number of benzene rings is 1. The van der Waals surface area contributed by atoms with Gasteiger partial charge in [0.2, 0.25) is 0 Å². The molecule has 0 saturated carbocycles. The Morgan fingerprint density at radius 2 is 2.05 bits per heavy atom. The van der Waals surface area contributed by atoms with E-state index in [4.69, 9.17) is 4.74 Å². The second-order valence-corrected chi connectivity index (χ2v) is 4.65. The summed E-state index contributed by atoms with van der Waals surface area (Å²) in [6, 6.07) is 5.79. The quantitative estimate of drug-likeness (QED) is 0.919. The number of aromatic nitrogens is 2. The monoisotopic (exact) mass is 260 g/mol. The highest BCUT2D eigenvalue weighted by Gasteiger charge is 2.18. The molecule has 1 aromatic carbocycles. The highest BCUT2D eigenvalue weighted by molar-refractivity contribution is 5.44. The molecule has 0 spiro atoms. The highest BCUT2D eigenvalue weighted by atomic mass is 16.5. The zero-order valence-electron chi connectivity index (χ0n) is 11.8. The van der Waals surface area contributed by atoms with E-state index in [9.17, 15) is 5.11 Å². The fourth-order valence-corrected chi connectivity index (χ4v) is 2.33. The minimum Gasteiger partial charge on any atom is -0.496 e. The predicted octanol–water partition coefficient (Wildman–Crippen LogP) is 2.61. The summed E-state index contributed by atoms with van der Waals surface area (Å²) in [5.74, 6) is 0.845. The first kappa shape index (κ1) is 13.6. The molecule has 2 rings (SSSR count). The van der Waals surface area contributed by atoms with Crippen LogP contribution in [0.5, 0.6) is 5.75 Å². The van der Waals surface area contributed by atoms with Gasteiger partial charge >= 0.3 is 0 Å². The summed E-state index contributed by atoms with van der Waals surface area (Å²) in [5, 5.41) is 14.8. The first-order valence-electron chi connectivity index (χ1n) is 6.43. The summed E-state index contributed by atoms with van der Waals surface area (Å²) >= 11 is 0. The summed E-state index contributed by atoms with van der Waals surface area (Å²) in [4.78, 5) is 0. The van der Waals surface area contributed by atoms with Crippen LogP contribution in [0.2, 0.25) is 0 Å². The number of hydrogen-bond donors (Lipinski definition) is 1. The van der Waals surface area contributed by atoms with Crippen LogP contribution in [-0.4, -0.2) is 22.0 Å². The first-order chi connectivity index (χ1) is 9.08. The summed E-state index contributed by atoms with van der Waals surface area (Å²) in [6.45, 7) is 6.71. The van der Waals surface area contributed by atoms with Crippen molar-refractivity contribution in [2.75, 3.05) is 7.11 Å². The van der Waals surface area contributed by atoms with Crippen LogP contribution in [-0.2, 0) is 6.54 Å². The van der Waals surface area contributed by atoms with E-state index in [1.54, 1.807) is 13.3 Å². The Morgan fingerprint density at radius 1 is 1.32 bits per heavy atom. The molecule has 1 heterocycles. The number of aryl methyl sites for hydroxylation is 3. The van der Waals surface area contributed by atoms with Crippen LogP contribution in [0.25, 0.3) is 0 Å². The van der Waals surface area contributed by atoms with E-state index in [0.29, 0.717) is 0 Å². The van der Waals surface area contributed by atoms with Crippen molar-refractivity contribution >= 4 is 0 Å². The molecular weight excluding hydrogens is 240 g/mol. The van der Waals surface area contributed by atoms with E-state index in [1.165, 1.54) is 0 Å². The summed E-state index contributed by atoms with van der Waals surface area (Å²) in [6.07, 6.45) is 1.06. The van der Waals surface area contributed by atoms with E-state index in [0.717, 1.165) is 34.7 Å². The van der Waals surface area contributed by atoms with Crippen LogP contribution < -0.4 is 4.74 Å². The molecule has 4 heteroatoms. The molecule has 0 aliphatic heterocycles. The third-order valence-corrected chi connectivity index (χ3v) is 3.41. The zero-order valence-corrected chi connectivity index (χ0v) is 11.8. The van der Waals surface area contributed by atoms with Gasteiger partial charge in [0.15, 0.2) is 0 Å². The lowest BCUT2D eigenvalue weighted by Gasteiger charge is -2.17. The van der Waals surface area contributed by atoms with Crippen molar-refractivity contribution in [3.8, 4) is 5.75 Å². The fourth-order valence-electron chi connectivity index (χ4n) is 2.33. The van der Waals surface area contributed by atoms with Crippen LogP contribution in [0, 0.1) is 13.8 Å². The Balaban J connectivity index is 2.44. The van der Waals surface area contributed by atoms with Gasteiger partial charge in [0.1, 0.15) is 11.9 Å². The minimum absolute atomic E-state index is 0.660. The molecule has 0 radical (unpaired) electrons. The number of hydrogen-bond acceptors (Lipinski definition) is 3.